The van der Waals surface area contributed by atoms with Crippen LogP contribution in [0.25, 0.3) is 0 Å². The van der Waals surface area contributed by atoms with Crippen molar-refractivity contribution in [1.82, 2.24) is 0 Å². The molecule has 0 amide bonds. The van der Waals surface area contributed by atoms with Gasteiger partial charge in [-0.3, -0.25) is 0 Å². The molecule has 0 aliphatic rings. The zero-order valence-corrected chi connectivity index (χ0v) is 8.51. The fraction of sp³-hybridized carbons (Fsp3) is 0.125. The van der Waals surface area contributed by atoms with Crippen molar-refractivity contribution >= 4 is 28.7 Å². The van der Waals surface area contributed by atoms with Crippen molar-refractivity contribution in [1.29, 1.82) is 0 Å². The van der Waals surface area contributed by atoms with Gasteiger partial charge in [0.1, 0.15) is 0 Å². The molecule has 0 aliphatic heterocycles. The molecule has 0 aliphatic carbocycles. The molecule has 1 aromatic carbocycles. The Hall–Kier alpha value is -0.910. The minimum absolute atomic E-state index is 0.0508. The molecule has 14 heavy (non-hydrogen) atoms. The van der Waals surface area contributed by atoms with Crippen LogP contribution >= 0.6 is 11.6 Å². The number of carbonyl (C=O) groups is 1. The normalized spacial score (nSPS) is 12.4. The predicted octanol–water partition coefficient (Wildman–Crippen LogP) is 1.76. The molecule has 0 radical (unpaired) electrons. The zero-order valence-electron chi connectivity index (χ0n) is 6.94. The van der Waals surface area contributed by atoms with Gasteiger partial charge < -0.3 is 9.66 Å². The van der Waals surface area contributed by atoms with Gasteiger partial charge in [-0.25, -0.2) is 9.00 Å². The van der Waals surface area contributed by atoms with Crippen LogP contribution in [0.2, 0.25) is 5.02 Å². The molecular formula is C8H7ClO4S. The summed E-state index contributed by atoms with van der Waals surface area (Å²) in [7, 11) is 0. The topological polar surface area (TPSA) is 74.6 Å². The smallest absolute Gasteiger partial charge is 0.335 e. The van der Waals surface area contributed by atoms with E-state index in [1.165, 1.54) is 18.2 Å². The summed E-state index contributed by atoms with van der Waals surface area (Å²) in [5.74, 6) is -1.26. The number of hydrogen-bond donors (Lipinski definition) is 2. The fourth-order valence-electron chi connectivity index (χ4n) is 0.951. The van der Waals surface area contributed by atoms with Crippen LogP contribution in [-0.2, 0) is 16.8 Å². The lowest BCUT2D eigenvalue weighted by molar-refractivity contribution is 0.0696. The van der Waals surface area contributed by atoms with E-state index in [9.17, 15) is 9.00 Å². The highest BCUT2D eigenvalue weighted by molar-refractivity contribution is 7.78. The second kappa shape index (κ2) is 4.54. The number of halogens is 1. The lowest BCUT2D eigenvalue weighted by Crippen LogP contribution is -2.00. The fourth-order valence-corrected chi connectivity index (χ4v) is 1.72. The highest BCUT2D eigenvalue weighted by atomic mass is 35.5. The Kier molecular flexibility index (Phi) is 3.62. The third kappa shape index (κ3) is 2.80. The molecule has 76 valence electrons. The second-order valence-corrected chi connectivity index (χ2v) is 3.92. The number of aromatic carboxylic acids is 1. The summed E-state index contributed by atoms with van der Waals surface area (Å²) in [5, 5.41) is 8.94. The van der Waals surface area contributed by atoms with Crippen molar-refractivity contribution in [2.75, 3.05) is 0 Å². The third-order valence-electron chi connectivity index (χ3n) is 1.57. The molecule has 1 atom stereocenters. The van der Waals surface area contributed by atoms with Gasteiger partial charge in [0.15, 0.2) is 11.1 Å². The molecule has 0 spiro atoms. The molecule has 0 bridgehead atoms. The quantitative estimate of drug-likeness (QED) is 0.782. The van der Waals surface area contributed by atoms with E-state index in [1.54, 1.807) is 0 Å². The Morgan fingerprint density at radius 3 is 2.64 bits per heavy atom. The van der Waals surface area contributed by atoms with Crippen molar-refractivity contribution in [2.45, 2.75) is 5.75 Å². The summed E-state index contributed by atoms with van der Waals surface area (Å²) in [6.45, 7) is 0. The first-order chi connectivity index (χ1) is 6.50. The zero-order chi connectivity index (χ0) is 10.7. The van der Waals surface area contributed by atoms with Gasteiger partial charge in [0.25, 0.3) is 0 Å². The van der Waals surface area contributed by atoms with Crippen molar-refractivity contribution in [3.05, 3.63) is 34.3 Å². The van der Waals surface area contributed by atoms with E-state index in [0.717, 1.165) is 0 Å². The molecule has 1 aromatic rings. The average Bonchev–Trinajstić information content (AvgIpc) is 2.07. The number of rotatable bonds is 3. The Morgan fingerprint density at radius 2 is 2.14 bits per heavy atom. The minimum Gasteiger partial charge on any atom is -0.478 e. The van der Waals surface area contributed by atoms with Gasteiger partial charge >= 0.3 is 5.97 Å². The predicted molar refractivity (Wildman–Crippen MR) is 52.9 cm³/mol. The van der Waals surface area contributed by atoms with Crippen LogP contribution < -0.4 is 0 Å². The molecule has 0 aromatic heterocycles. The molecule has 4 nitrogen and oxygen atoms in total. The molecular weight excluding hydrogens is 228 g/mol. The molecule has 0 saturated carbocycles. The summed E-state index contributed by atoms with van der Waals surface area (Å²) in [4.78, 5) is 10.6. The van der Waals surface area contributed by atoms with Gasteiger partial charge in [-0.2, -0.15) is 0 Å². The molecule has 2 N–H and O–H groups in total. The van der Waals surface area contributed by atoms with Gasteiger partial charge in [-0.05, 0) is 23.8 Å². The van der Waals surface area contributed by atoms with Crippen molar-refractivity contribution in [3.63, 3.8) is 0 Å². The van der Waals surface area contributed by atoms with Crippen LogP contribution in [0, 0.1) is 0 Å². The molecule has 0 heterocycles. The van der Waals surface area contributed by atoms with Gasteiger partial charge in [-0.15, -0.1) is 0 Å². The number of hydrogen-bond acceptors (Lipinski definition) is 2. The Bertz CT molecular complexity index is 391. The first kappa shape index (κ1) is 11.2. The van der Waals surface area contributed by atoms with Crippen LogP contribution in [0.3, 0.4) is 0 Å². The Labute approximate surface area is 87.8 Å². The Balaban J connectivity index is 3.08. The van der Waals surface area contributed by atoms with Crippen molar-refractivity contribution in [2.24, 2.45) is 0 Å². The maximum atomic E-state index is 10.6. The van der Waals surface area contributed by atoms with Crippen LogP contribution in [-0.4, -0.2) is 19.8 Å². The summed E-state index contributed by atoms with van der Waals surface area (Å²) in [6, 6.07) is 4.03. The summed E-state index contributed by atoms with van der Waals surface area (Å²) in [6.07, 6.45) is 0. The number of benzene rings is 1. The third-order valence-corrected chi connectivity index (χ3v) is 2.50. The molecule has 0 saturated heterocycles. The second-order valence-electron chi connectivity index (χ2n) is 2.58. The van der Waals surface area contributed by atoms with Gasteiger partial charge in [0, 0.05) is 5.02 Å². The summed E-state index contributed by atoms with van der Waals surface area (Å²) >= 11 is 3.68. The number of carboxylic acid groups (broad SMARTS) is 1. The molecule has 1 unspecified atom stereocenters. The van der Waals surface area contributed by atoms with Crippen molar-refractivity contribution < 1.29 is 18.7 Å². The van der Waals surface area contributed by atoms with Gasteiger partial charge in [0.05, 0.1) is 11.3 Å². The van der Waals surface area contributed by atoms with E-state index in [0.29, 0.717) is 5.56 Å². The lowest BCUT2D eigenvalue weighted by atomic mass is 10.1. The summed E-state index contributed by atoms with van der Waals surface area (Å²) < 4.78 is 19.1. The van der Waals surface area contributed by atoms with Gasteiger partial charge in [-0.1, -0.05) is 11.6 Å². The average molecular weight is 235 g/mol. The van der Waals surface area contributed by atoms with Crippen LogP contribution in [0.4, 0.5) is 0 Å². The highest BCUT2D eigenvalue weighted by Gasteiger charge is 2.08. The maximum absolute atomic E-state index is 10.6. The van der Waals surface area contributed by atoms with E-state index in [-0.39, 0.29) is 16.3 Å². The van der Waals surface area contributed by atoms with Crippen molar-refractivity contribution in [3.8, 4) is 0 Å². The van der Waals surface area contributed by atoms with Crippen LogP contribution in [0.5, 0.6) is 0 Å². The number of carboxylic acids is 1. The lowest BCUT2D eigenvalue weighted by Gasteiger charge is -2.02. The van der Waals surface area contributed by atoms with Crippen LogP contribution in [0.1, 0.15) is 15.9 Å². The first-order valence-corrected chi connectivity index (χ1v) is 5.25. The summed E-state index contributed by atoms with van der Waals surface area (Å²) in [5.41, 5.74) is 0.405. The standard InChI is InChI=1S/C8H7ClO4S/c9-7-2-1-5(8(10)11)3-6(7)4-14(12)13/h1-3H,4H2,(H,10,11)(H,12,13). The Morgan fingerprint density at radius 1 is 1.50 bits per heavy atom. The van der Waals surface area contributed by atoms with E-state index in [1.807, 2.05) is 0 Å². The molecule has 6 heteroatoms. The van der Waals surface area contributed by atoms with Crippen LogP contribution in [0.15, 0.2) is 18.2 Å². The van der Waals surface area contributed by atoms with E-state index < -0.39 is 17.0 Å². The van der Waals surface area contributed by atoms with E-state index >= 15 is 0 Å². The highest BCUT2D eigenvalue weighted by Crippen LogP contribution is 2.18. The SMILES string of the molecule is O=C(O)c1ccc(Cl)c(CS(=O)O)c1. The molecule has 1 rings (SSSR count). The minimum atomic E-state index is -2.03. The first-order valence-electron chi connectivity index (χ1n) is 3.60. The largest absolute Gasteiger partial charge is 0.478 e. The monoisotopic (exact) mass is 234 g/mol. The molecule has 0 fully saturated rings. The van der Waals surface area contributed by atoms with E-state index in [2.05, 4.69) is 0 Å². The van der Waals surface area contributed by atoms with E-state index in [4.69, 9.17) is 21.3 Å². The maximum Gasteiger partial charge on any atom is 0.335 e. The van der Waals surface area contributed by atoms with Gasteiger partial charge in [0.2, 0.25) is 0 Å².